The normalized spacial score (nSPS) is 18.2. The summed E-state index contributed by atoms with van der Waals surface area (Å²) < 4.78 is 0. The first kappa shape index (κ1) is 16.8. The van der Waals surface area contributed by atoms with Gasteiger partial charge in [0, 0.05) is 24.5 Å². The Kier molecular flexibility index (Phi) is 6.06. The summed E-state index contributed by atoms with van der Waals surface area (Å²) in [5.41, 5.74) is 1.83. The van der Waals surface area contributed by atoms with Gasteiger partial charge in [-0.25, -0.2) is 4.98 Å². The van der Waals surface area contributed by atoms with Crippen LogP contribution in [0.1, 0.15) is 63.9 Å². The third-order valence-electron chi connectivity index (χ3n) is 4.35. The predicted molar refractivity (Wildman–Crippen MR) is 93.3 cm³/mol. The third-order valence-corrected chi connectivity index (χ3v) is 5.51. The molecule has 1 N–H and O–H groups in total. The topological polar surface area (TPSA) is 28.2 Å². The van der Waals surface area contributed by atoms with Crippen molar-refractivity contribution in [2.45, 2.75) is 66.3 Å². The molecule has 0 saturated carbocycles. The van der Waals surface area contributed by atoms with E-state index in [9.17, 15) is 0 Å². The number of hydrogen-bond acceptors (Lipinski definition) is 4. The Bertz CT molecular complexity index is 429. The molecule has 0 amide bonds. The molecule has 120 valence electrons. The van der Waals surface area contributed by atoms with Gasteiger partial charge in [0.2, 0.25) is 0 Å². The number of rotatable bonds is 7. The summed E-state index contributed by atoms with van der Waals surface area (Å²) in [4.78, 5) is 8.90. The molecule has 4 heteroatoms. The quantitative estimate of drug-likeness (QED) is 0.764. The number of nitrogens with one attached hydrogen (secondary N) is 1. The second kappa shape index (κ2) is 7.59. The van der Waals surface area contributed by atoms with Crippen LogP contribution in [0.3, 0.4) is 0 Å². The summed E-state index contributed by atoms with van der Waals surface area (Å²) in [5, 5.41) is 4.78. The highest BCUT2D eigenvalue weighted by Crippen LogP contribution is 2.35. The van der Waals surface area contributed by atoms with Crippen molar-refractivity contribution in [3.05, 3.63) is 10.6 Å². The lowest BCUT2D eigenvalue weighted by atomic mass is 9.83. The lowest BCUT2D eigenvalue weighted by Crippen LogP contribution is -2.37. The Hall–Kier alpha value is -0.610. The van der Waals surface area contributed by atoms with Crippen LogP contribution < -0.4 is 10.2 Å². The Morgan fingerprint density at radius 3 is 2.52 bits per heavy atom. The molecule has 1 saturated heterocycles. The zero-order chi connectivity index (χ0) is 15.3. The lowest BCUT2D eigenvalue weighted by Gasteiger charge is -2.36. The van der Waals surface area contributed by atoms with E-state index in [1.54, 1.807) is 0 Å². The van der Waals surface area contributed by atoms with Crippen molar-refractivity contribution in [1.82, 2.24) is 10.3 Å². The summed E-state index contributed by atoms with van der Waals surface area (Å²) >= 11 is 1.91. The van der Waals surface area contributed by atoms with Gasteiger partial charge in [0.25, 0.3) is 0 Å². The van der Waals surface area contributed by atoms with Crippen LogP contribution in [0.5, 0.6) is 0 Å². The maximum atomic E-state index is 4.95. The highest BCUT2D eigenvalue weighted by Gasteiger charge is 2.27. The van der Waals surface area contributed by atoms with Gasteiger partial charge in [0.1, 0.15) is 0 Å². The minimum absolute atomic E-state index is 0.505. The van der Waals surface area contributed by atoms with Gasteiger partial charge < -0.3 is 10.2 Å². The number of thiazole rings is 1. The molecular weight excluding hydrogens is 278 g/mol. The number of nitrogens with zero attached hydrogens (tertiary/aromatic N) is 2. The molecule has 0 unspecified atom stereocenters. The molecule has 0 spiro atoms. The molecule has 2 heterocycles. The molecule has 3 nitrogen and oxygen atoms in total. The highest BCUT2D eigenvalue weighted by molar-refractivity contribution is 7.15. The minimum atomic E-state index is 0.505. The Morgan fingerprint density at radius 1 is 1.19 bits per heavy atom. The van der Waals surface area contributed by atoms with Crippen LogP contribution in [0, 0.1) is 5.41 Å². The molecule has 2 rings (SSSR count). The van der Waals surface area contributed by atoms with Crippen LogP contribution in [0.4, 0.5) is 5.13 Å². The van der Waals surface area contributed by atoms with Crippen LogP contribution in [0.2, 0.25) is 0 Å². The van der Waals surface area contributed by atoms with Gasteiger partial charge in [0.15, 0.2) is 5.13 Å². The summed E-state index contributed by atoms with van der Waals surface area (Å²) in [6, 6.07) is 0. The van der Waals surface area contributed by atoms with Gasteiger partial charge >= 0.3 is 0 Å². The fourth-order valence-corrected chi connectivity index (χ4v) is 3.88. The van der Waals surface area contributed by atoms with E-state index < -0.39 is 0 Å². The van der Waals surface area contributed by atoms with E-state index in [-0.39, 0.29) is 0 Å². The smallest absolute Gasteiger partial charge is 0.185 e. The average Bonchev–Trinajstić information content (AvgIpc) is 2.83. The maximum Gasteiger partial charge on any atom is 0.185 e. The molecule has 1 aromatic heterocycles. The van der Waals surface area contributed by atoms with Crippen molar-refractivity contribution in [2.24, 2.45) is 5.41 Å². The Labute approximate surface area is 134 Å². The fourth-order valence-electron chi connectivity index (χ4n) is 2.76. The molecule has 21 heavy (non-hydrogen) atoms. The van der Waals surface area contributed by atoms with Crippen molar-refractivity contribution in [2.75, 3.05) is 24.5 Å². The second-order valence-corrected chi connectivity index (χ2v) is 8.01. The summed E-state index contributed by atoms with van der Waals surface area (Å²) in [7, 11) is 0. The van der Waals surface area contributed by atoms with E-state index in [1.165, 1.54) is 41.4 Å². The van der Waals surface area contributed by atoms with E-state index in [0.29, 0.717) is 5.41 Å². The summed E-state index contributed by atoms with van der Waals surface area (Å²) in [6.07, 6.45) is 6.03. The summed E-state index contributed by atoms with van der Waals surface area (Å²) in [6.45, 7) is 13.6. The molecule has 0 atom stereocenters. The van der Waals surface area contributed by atoms with Crippen molar-refractivity contribution >= 4 is 16.5 Å². The van der Waals surface area contributed by atoms with Crippen LogP contribution in [-0.2, 0) is 13.0 Å². The second-order valence-electron chi connectivity index (χ2n) is 6.94. The molecule has 0 aromatic carbocycles. The number of aryl methyl sites for hydroxylation is 1. The lowest BCUT2D eigenvalue weighted by molar-refractivity contribution is 0.279. The molecule has 0 aliphatic carbocycles. The van der Waals surface area contributed by atoms with Crippen LogP contribution in [-0.4, -0.2) is 24.6 Å². The number of anilines is 1. The summed E-state index contributed by atoms with van der Waals surface area (Å²) in [5.74, 6) is 0. The van der Waals surface area contributed by atoms with E-state index >= 15 is 0 Å². The molecule has 0 radical (unpaired) electrons. The standard InChI is InChI=1S/C17H31N3S/c1-5-7-14-15(13-18-10-6-2)21-16(19-14)20-11-8-17(3,4)9-12-20/h18H,5-13H2,1-4H3. The van der Waals surface area contributed by atoms with Crippen molar-refractivity contribution in [3.8, 4) is 0 Å². The molecule has 1 fully saturated rings. The maximum absolute atomic E-state index is 4.95. The Morgan fingerprint density at radius 2 is 1.90 bits per heavy atom. The third kappa shape index (κ3) is 4.68. The van der Waals surface area contributed by atoms with Gasteiger partial charge in [-0.05, 0) is 37.6 Å². The molecule has 1 aromatic rings. The molecule has 0 bridgehead atoms. The molecule has 1 aliphatic rings. The zero-order valence-electron chi connectivity index (χ0n) is 14.2. The van der Waals surface area contributed by atoms with E-state index in [1.807, 2.05) is 11.3 Å². The number of hydrogen-bond donors (Lipinski definition) is 1. The van der Waals surface area contributed by atoms with Gasteiger partial charge in [0.05, 0.1) is 5.69 Å². The fraction of sp³-hybridized carbons (Fsp3) is 0.824. The van der Waals surface area contributed by atoms with E-state index in [4.69, 9.17) is 4.98 Å². The monoisotopic (exact) mass is 309 g/mol. The van der Waals surface area contributed by atoms with Crippen molar-refractivity contribution in [3.63, 3.8) is 0 Å². The van der Waals surface area contributed by atoms with Crippen LogP contribution >= 0.6 is 11.3 Å². The zero-order valence-corrected chi connectivity index (χ0v) is 15.0. The SMILES string of the molecule is CCCNCc1sc(N2CCC(C)(C)CC2)nc1CCC. The first-order chi connectivity index (χ1) is 10.1. The first-order valence-corrected chi connectivity index (χ1v) is 9.31. The highest BCUT2D eigenvalue weighted by atomic mass is 32.1. The predicted octanol–water partition coefficient (Wildman–Crippen LogP) is 4.22. The van der Waals surface area contributed by atoms with Gasteiger partial charge in [-0.2, -0.15) is 0 Å². The number of piperidine rings is 1. The van der Waals surface area contributed by atoms with Gasteiger partial charge in [-0.15, -0.1) is 11.3 Å². The largest absolute Gasteiger partial charge is 0.348 e. The van der Waals surface area contributed by atoms with Gasteiger partial charge in [-0.3, -0.25) is 0 Å². The first-order valence-electron chi connectivity index (χ1n) is 8.50. The minimum Gasteiger partial charge on any atom is -0.348 e. The van der Waals surface area contributed by atoms with Crippen LogP contribution in [0.15, 0.2) is 0 Å². The van der Waals surface area contributed by atoms with E-state index in [2.05, 4.69) is 37.9 Å². The number of aromatic nitrogens is 1. The average molecular weight is 310 g/mol. The molecule has 1 aliphatic heterocycles. The van der Waals surface area contributed by atoms with E-state index in [0.717, 1.165) is 32.6 Å². The van der Waals surface area contributed by atoms with Crippen molar-refractivity contribution in [1.29, 1.82) is 0 Å². The molecular formula is C17H31N3S. The Balaban J connectivity index is 2.04. The van der Waals surface area contributed by atoms with Crippen molar-refractivity contribution < 1.29 is 0 Å². The van der Waals surface area contributed by atoms with Gasteiger partial charge in [-0.1, -0.05) is 34.1 Å². The van der Waals surface area contributed by atoms with Crippen LogP contribution in [0.25, 0.3) is 0 Å².